The molecule has 570 valence electrons. The number of hydrogen-bond acceptors (Lipinski definition) is 15. The maximum atomic E-state index is 13.1. The lowest BCUT2D eigenvalue weighted by Gasteiger charge is -2.32. The Balaban J connectivity index is 0.000000196. The van der Waals surface area contributed by atoms with Crippen molar-refractivity contribution in [2.45, 2.75) is 123 Å². The van der Waals surface area contributed by atoms with Gasteiger partial charge in [-0.2, -0.15) is 15.8 Å². The number of ether oxygens (including phenoxy) is 1. The number of rotatable bonds is 21. The molecule has 4 fully saturated rings. The van der Waals surface area contributed by atoms with E-state index in [0.717, 1.165) is 136 Å². The van der Waals surface area contributed by atoms with Crippen LogP contribution in [0.2, 0.25) is 0 Å². The molecule has 0 spiro atoms. The van der Waals surface area contributed by atoms with Crippen LogP contribution in [0.5, 0.6) is 5.75 Å². The molecule has 4 amide bonds. The Morgan fingerprint density at radius 2 is 0.682 bits per heavy atom. The highest BCUT2D eigenvalue weighted by Gasteiger charge is 2.27. The second kappa shape index (κ2) is 43.3. The fourth-order valence-corrected chi connectivity index (χ4v) is 13.4. The van der Waals surface area contributed by atoms with Gasteiger partial charge < -0.3 is 30.7 Å². The number of nitriles is 3. The molecule has 0 saturated carbocycles. The lowest BCUT2D eigenvalue weighted by atomic mass is 9.90. The molecule has 4 saturated heterocycles. The molecular weight excluding hydrogens is 1390 g/mol. The highest BCUT2D eigenvalue weighted by Crippen LogP contribution is 2.26. The van der Waals surface area contributed by atoms with Crippen molar-refractivity contribution < 1.29 is 54.0 Å². The number of halogens is 1. The third-order valence-corrected chi connectivity index (χ3v) is 19.9. The number of carbonyl (C=O) groups is 8. The lowest BCUT2D eigenvalue weighted by Crippen LogP contribution is -2.44. The molecule has 20 nitrogen and oxygen atoms in total. The van der Waals surface area contributed by atoms with Crippen LogP contribution in [0.1, 0.15) is 202 Å². The van der Waals surface area contributed by atoms with Gasteiger partial charge in [-0.25, -0.2) is 4.79 Å². The van der Waals surface area contributed by atoms with Crippen LogP contribution in [-0.4, -0.2) is 156 Å². The first-order valence-corrected chi connectivity index (χ1v) is 37.2. The number of carboxylic acid groups (broad SMARTS) is 1. The molecule has 8 aromatic rings. The number of alkyl halides is 1. The minimum Gasteiger partial charge on any atom is -0.494 e. The number of nitrogens with one attached hydrogen (secondary N) is 3. The number of piperidine rings is 4. The second-order valence-electron chi connectivity index (χ2n) is 27.8. The van der Waals surface area contributed by atoms with Crippen molar-refractivity contribution >= 4 is 46.9 Å². The topological polar surface area (TPSA) is 286 Å². The number of amides is 4. The SMILES string of the molecule is CC(=O)c1ccc(C(=O)NC2CCN(Cc3ccc(C#N)cc3)CC2)cc1.CC(=O)c1ccc(C(=O)NC2CCN(Cc3ccc(C#N)cc3)CC2)cc1.CC(=O)c1ccc(C(=O)O)cc1.CCOc1ccc(CC2CCN(C(=O)c3ccc(C(=O)NC4CCN(Cc5ccc(C#N)cc5)CC4)cc3)CC2)cc1.[2H]CF. The number of benzene rings is 8. The number of aromatic carboxylic acids is 1. The van der Waals surface area contributed by atoms with Gasteiger partial charge in [0.2, 0.25) is 0 Å². The Labute approximate surface area is 645 Å². The zero-order valence-electron chi connectivity index (χ0n) is 64.0. The minimum atomic E-state index is -1.00. The van der Waals surface area contributed by atoms with Gasteiger partial charge in [-0.1, -0.05) is 84.9 Å². The monoisotopic (exact) mass is 1490 g/mol. The summed E-state index contributed by atoms with van der Waals surface area (Å²) in [5, 5.41) is 44.6. The summed E-state index contributed by atoms with van der Waals surface area (Å²) < 4.78 is 21.0. The number of nitrogens with zero attached hydrogens (tertiary/aromatic N) is 7. The van der Waals surface area contributed by atoms with Crippen molar-refractivity contribution in [3.63, 3.8) is 0 Å². The summed E-state index contributed by atoms with van der Waals surface area (Å²) in [6.45, 7) is 16.7. The molecule has 4 heterocycles. The summed E-state index contributed by atoms with van der Waals surface area (Å²) in [7, 11) is -1.00. The van der Waals surface area contributed by atoms with Crippen LogP contribution in [0.4, 0.5) is 4.39 Å². The van der Waals surface area contributed by atoms with Gasteiger partial charge in [-0.05, 0) is 223 Å². The largest absolute Gasteiger partial charge is 0.494 e. The molecule has 4 N–H and O–H groups in total. The van der Waals surface area contributed by atoms with Crippen LogP contribution >= 0.6 is 0 Å². The summed E-state index contributed by atoms with van der Waals surface area (Å²) in [4.78, 5) is 104. The van der Waals surface area contributed by atoms with Gasteiger partial charge in [0.1, 0.15) is 5.75 Å². The highest BCUT2D eigenvalue weighted by atomic mass is 19.1. The Kier molecular flexibility index (Phi) is 32.4. The maximum absolute atomic E-state index is 13.1. The predicted octanol–water partition coefficient (Wildman–Crippen LogP) is 13.9. The van der Waals surface area contributed by atoms with Gasteiger partial charge in [0, 0.05) is 129 Å². The van der Waals surface area contributed by atoms with Crippen LogP contribution in [0.25, 0.3) is 0 Å². The molecular formula is C89H97FN10O10. The van der Waals surface area contributed by atoms with Crippen molar-refractivity contribution in [2.75, 3.05) is 66.1 Å². The van der Waals surface area contributed by atoms with E-state index < -0.39 is 13.1 Å². The summed E-state index contributed by atoms with van der Waals surface area (Å²) in [5.74, 6) is 0.200. The quantitative estimate of drug-likeness (QED) is 0.0486. The molecule has 0 aliphatic carbocycles. The first-order valence-electron chi connectivity index (χ1n) is 37.9. The van der Waals surface area contributed by atoms with Crippen LogP contribution in [0.3, 0.4) is 0 Å². The summed E-state index contributed by atoms with van der Waals surface area (Å²) in [5.41, 5.74) is 11.3. The average Bonchev–Trinajstić information content (AvgIpc) is 0.842. The highest BCUT2D eigenvalue weighted by molar-refractivity contribution is 6.00. The summed E-state index contributed by atoms with van der Waals surface area (Å²) in [6.07, 6.45) is 8.44. The van der Waals surface area contributed by atoms with Gasteiger partial charge in [0.15, 0.2) is 17.3 Å². The zero-order chi connectivity index (χ0) is 79.6. The molecule has 4 aliphatic rings. The maximum Gasteiger partial charge on any atom is 0.335 e. The van der Waals surface area contributed by atoms with Gasteiger partial charge in [0.25, 0.3) is 23.6 Å². The van der Waals surface area contributed by atoms with E-state index in [1.165, 1.54) is 67.3 Å². The molecule has 0 aromatic heterocycles. The van der Waals surface area contributed by atoms with E-state index in [0.29, 0.717) is 68.2 Å². The van der Waals surface area contributed by atoms with Crippen LogP contribution in [-0.2, 0) is 26.1 Å². The van der Waals surface area contributed by atoms with Crippen molar-refractivity contribution in [3.05, 3.63) is 278 Å². The standard InChI is InChI=1S/C35H40N4O3.2C22H23N3O2.C9H8O3.CH3F/c1-2-42-33-13-7-26(8-14-33)23-27-15-21-39(22-16-27)35(41)31-11-9-30(10-12-31)34(40)37-32-17-19-38(20-18-32)25-29-5-3-28(24-36)4-6-29;2*1-16(26)19-6-8-20(9-7-19)22(27)24-21-10-12-25(13-11-21)15-18-4-2-17(14-23)3-5-18;1-6(10)7-2-4-8(5-3-7)9(11)12;1-2/h3-14,27,32H,2,15-23,25H2,1H3,(H,37,40);2*2-9,21H,10-13,15H2,1H3,(H,24,27);2-5H,1H3,(H,11,12);1H3/i;;;;1D. The minimum absolute atomic E-state index is 0.00315. The van der Waals surface area contributed by atoms with Gasteiger partial charge in [-0.3, -0.25) is 52.7 Å². The number of carbonyl (C=O) groups excluding carboxylic acids is 7. The van der Waals surface area contributed by atoms with E-state index in [1.807, 2.05) is 96.8 Å². The van der Waals surface area contributed by atoms with E-state index in [2.05, 4.69) is 61.0 Å². The van der Waals surface area contributed by atoms with Crippen molar-refractivity contribution in [1.82, 2.24) is 35.6 Å². The van der Waals surface area contributed by atoms with Crippen LogP contribution in [0, 0.1) is 39.9 Å². The fourth-order valence-electron chi connectivity index (χ4n) is 13.4. The van der Waals surface area contributed by atoms with Gasteiger partial charge in [-0.15, -0.1) is 0 Å². The smallest absolute Gasteiger partial charge is 0.335 e. The van der Waals surface area contributed by atoms with E-state index in [4.69, 9.17) is 27.0 Å². The molecule has 0 bridgehead atoms. The molecule has 0 unspecified atom stereocenters. The number of ketones is 3. The van der Waals surface area contributed by atoms with E-state index in [-0.39, 0.29) is 64.7 Å². The van der Waals surface area contributed by atoms with Crippen LogP contribution < -0.4 is 20.7 Å². The van der Waals surface area contributed by atoms with E-state index in [1.54, 1.807) is 72.8 Å². The molecule has 12 rings (SSSR count). The third-order valence-electron chi connectivity index (χ3n) is 19.9. The fraction of sp³-hybridized carbons (Fsp3) is 0.337. The number of Topliss-reactive ketones (excluding diaryl/α,β-unsaturated/α-hetero) is 3. The average molecular weight is 1490 g/mol. The van der Waals surface area contributed by atoms with Crippen molar-refractivity contribution in [2.24, 2.45) is 5.92 Å². The molecule has 0 atom stereocenters. The Hall–Kier alpha value is -11.8. The molecule has 0 radical (unpaired) electrons. The zero-order valence-corrected chi connectivity index (χ0v) is 63.0. The molecule has 110 heavy (non-hydrogen) atoms. The summed E-state index contributed by atoms with van der Waals surface area (Å²) >= 11 is 0. The molecule has 4 aliphatic heterocycles. The molecule has 21 heteroatoms. The number of carboxylic acids is 1. The Bertz CT molecular complexity index is 4320. The van der Waals surface area contributed by atoms with Crippen molar-refractivity contribution in [3.8, 4) is 24.0 Å². The Morgan fingerprint density at radius 3 is 0.955 bits per heavy atom. The van der Waals surface area contributed by atoms with E-state index in [9.17, 15) is 42.7 Å². The summed E-state index contributed by atoms with van der Waals surface area (Å²) in [6, 6.07) is 64.9. The number of hydrogen-bond donors (Lipinski definition) is 4. The third kappa shape index (κ3) is 26.6. The second-order valence-corrected chi connectivity index (χ2v) is 27.8. The van der Waals surface area contributed by atoms with Crippen LogP contribution in [0.15, 0.2) is 194 Å². The van der Waals surface area contributed by atoms with Gasteiger partial charge >= 0.3 is 5.97 Å². The predicted molar refractivity (Wildman–Crippen MR) is 420 cm³/mol. The lowest BCUT2D eigenvalue weighted by molar-refractivity contribution is 0.0684. The van der Waals surface area contributed by atoms with Gasteiger partial charge in [0.05, 0.1) is 55.6 Å². The molecule has 8 aromatic carbocycles. The first-order chi connectivity index (χ1) is 53.6. The van der Waals surface area contributed by atoms with E-state index >= 15 is 0 Å². The Morgan fingerprint density at radius 1 is 0.409 bits per heavy atom. The number of likely N-dealkylation sites (tertiary alicyclic amines) is 4. The normalized spacial score (nSPS) is 14.9. The van der Waals surface area contributed by atoms with Crippen molar-refractivity contribution in [1.29, 1.82) is 15.8 Å². The first kappa shape index (κ1) is 82.3.